The molecule has 110 valence electrons. The fraction of sp³-hybridized carbons (Fsp3) is 0.308. The number of thiazole rings is 1. The molecule has 0 fully saturated rings. The van der Waals surface area contributed by atoms with Gasteiger partial charge < -0.3 is 11.1 Å². The Kier molecular flexibility index (Phi) is 3.89. The number of rotatable bonds is 5. The summed E-state index contributed by atoms with van der Waals surface area (Å²) < 4.78 is 6.15. The maximum absolute atomic E-state index is 5.98. The second-order valence-corrected chi connectivity index (χ2v) is 6.57. The third kappa shape index (κ3) is 3.06. The van der Waals surface area contributed by atoms with Crippen molar-refractivity contribution in [2.45, 2.75) is 20.4 Å². The van der Waals surface area contributed by atoms with E-state index in [1.54, 1.807) is 11.3 Å². The van der Waals surface area contributed by atoms with Gasteiger partial charge in [0.25, 0.3) is 0 Å². The van der Waals surface area contributed by atoms with Crippen LogP contribution in [0.25, 0.3) is 11.3 Å². The Bertz CT molecular complexity index is 742. The van der Waals surface area contributed by atoms with Crippen LogP contribution in [-0.4, -0.2) is 25.7 Å². The monoisotopic (exact) mass is 320 g/mol. The molecule has 0 aromatic carbocycles. The van der Waals surface area contributed by atoms with Crippen molar-refractivity contribution in [1.29, 1.82) is 0 Å². The fourth-order valence-corrected chi connectivity index (χ4v) is 3.37. The molecule has 0 aliphatic rings. The highest BCUT2D eigenvalue weighted by Crippen LogP contribution is 2.36. The van der Waals surface area contributed by atoms with Crippen LogP contribution in [0, 0.1) is 13.8 Å². The average Bonchev–Trinajstić information content (AvgIpc) is 3.12. The number of hydrogen-bond acceptors (Lipinski definition) is 7. The Balaban J connectivity index is 1.71. The third-order valence-corrected chi connectivity index (χ3v) is 4.57. The molecule has 3 rings (SSSR count). The fourth-order valence-electron chi connectivity index (χ4n) is 2.02. The number of nitrogens with zero attached hydrogens (tertiary/aromatic N) is 4. The van der Waals surface area contributed by atoms with Crippen molar-refractivity contribution in [3.8, 4) is 11.3 Å². The maximum atomic E-state index is 5.98. The Labute approximate surface area is 130 Å². The van der Waals surface area contributed by atoms with Gasteiger partial charge in [-0.1, -0.05) is 0 Å². The minimum atomic E-state index is 0.530. The van der Waals surface area contributed by atoms with Crippen LogP contribution in [0.15, 0.2) is 17.8 Å². The lowest BCUT2D eigenvalue weighted by Gasteiger charge is -2.06. The predicted molar refractivity (Wildman–Crippen MR) is 87.8 cm³/mol. The van der Waals surface area contributed by atoms with Crippen LogP contribution in [0.2, 0.25) is 0 Å². The lowest BCUT2D eigenvalue weighted by atomic mass is 10.2. The van der Waals surface area contributed by atoms with E-state index in [4.69, 9.17) is 5.73 Å². The molecule has 0 aliphatic carbocycles. The quantitative estimate of drug-likeness (QED) is 0.755. The molecule has 0 saturated heterocycles. The van der Waals surface area contributed by atoms with Crippen molar-refractivity contribution in [3.63, 3.8) is 0 Å². The predicted octanol–water partition coefficient (Wildman–Crippen LogP) is 2.77. The van der Waals surface area contributed by atoms with Crippen LogP contribution in [0.4, 0.5) is 10.8 Å². The molecule has 8 heteroatoms. The van der Waals surface area contributed by atoms with Crippen molar-refractivity contribution in [3.05, 3.63) is 28.3 Å². The molecule has 3 heterocycles. The van der Waals surface area contributed by atoms with Gasteiger partial charge in [-0.05, 0) is 30.9 Å². The summed E-state index contributed by atoms with van der Waals surface area (Å²) in [5.74, 6) is 0.530. The van der Waals surface area contributed by atoms with Crippen LogP contribution in [-0.2, 0) is 6.54 Å². The van der Waals surface area contributed by atoms with Gasteiger partial charge >= 0.3 is 0 Å². The van der Waals surface area contributed by atoms with Crippen LogP contribution in [0.5, 0.6) is 0 Å². The molecular formula is C13H16N6S2. The summed E-state index contributed by atoms with van der Waals surface area (Å²) in [6.07, 6.45) is 3.88. The number of anilines is 2. The SMILES string of the molecule is Cc1cnn(CCNc2snc(N)c2-c2csc(C)n2)c1. The molecule has 0 amide bonds. The summed E-state index contributed by atoms with van der Waals surface area (Å²) in [5, 5.41) is 11.6. The van der Waals surface area contributed by atoms with Gasteiger partial charge in [0, 0.05) is 18.1 Å². The van der Waals surface area contributed by atoms with Gasteiger partial charge in [0.1, 0.15) is 10.8 Å². The lowest BCUT2D eigenvalue weighted by molar-refractivity contribution is 0.638. The van der Waals surface area contributed by atoms with E-state index in [0.717, 1.165) is 39.9 Å². The zero-order chi connectivity index (χ0) is 14.8. The van der Waals surface area contributed by atoms with Crippen molar-refractivity contribution in [1.82, 2.24) is 19.1 Å². The first-order valence-corrected chi connectivity index (χ1v) is 8.19. The lowest BCUT2D eigenvalue weighted by Crippen LogP contribution is -2.10. The minimum Gasteiger partial charge on any atom is -0.382 e. The molecule has 0 bridgehead atoms. The summed E-state index contributed by atoms with van der Waals surface area (Å²) in [5.41, 5.74) is 8.93. The molecule has 3 aromatic heterocycles. The topological polar surface area (TPSA) is 81.7 Å². The summed E-state index contributed by atoms with van der Waals surface area (Å²) in [4.78, 5) is 4.49. The van der Waals surface area contributed by atoms with Crippen LogP contribution >= 0.6 is 22.9 Å². The number of aromatic nitrogens is 4. The van der Waals surface area contributed by atoms with Crippen LogP contribution in [0.3, 0.4) is 0 Å². The van der Waals surface area contributed by atoms with Crippen molar-refractivity contribution in [2.75, 3.05) is 17.6 Å². The molecule has 3 aromatic rings. The Morgan fingerprint density at radius 3 is 2.90 bits per heavy atom. The van der Waals surface area contributed by atoms with Gasteiger partial charge in [0.05, 0.1) is 29.0 Å². The van der Waals surface area contributed by atoms with Crippen LogP contribution < -0.4 is 11.1 Å². The maximum Gasteiger partial charge on any atom is 0.148 e. The second kappa shape index (κ2) is 5.82. The zero-order valence-electron chi connectivity index (χ0n) is 11.8. The number of aryl methyl sites for hydroxylation is 2. The highest BCUT2D eigenvalue weighted by molar-refractivity contribution is 7.11. The molecule has 21 heavy (non-hydrogen) atoms. The largest absolute Gasteiger partial charge is 0.382 e. The van der Waals surface area contributed by atoms with E-state index in [-0.39, 0.29) is 0 Å². The van der Waals surface area contributed by atoms with E-state index in [1.807, 2.05) is 36.3 Å². The van der Waals surface area contributed by atoms with Crippen molar-refractivity contribution < 1.29 is 0 Å². The first-order valence-electron chi connectivity index (χ1n) is 6.54. The molecule has 0 unspecified atom stereocenters. The van der Waals surface area contributed by atoms with Gasteiger partial charge in [-0.3, -0.25) is 4.68 Å². The second-order valence-electron chi connectivity index (χ2n) is 4.73. The first-order chi connectivity index (χ1) is 10.1. The number of nitrogen functional groups attached to an aromatic ring is 1. The smallest absolute Gasteiger partial charge is 0.148 e. The number of hydrogen-bond donors (Lipinski definition) is 2. The molecule has 0 radical (unpaired) electrons. The van der Waals surface area contributed by atoms with E-state index >= 15 is 0 Å². The highest BCUT2D eigenvalue weighted by atomic mass is 32.1. The van der Waals surface area contributed by atoms with Crippen LogP contribution in [0.1, 0.15) is 10.6 Å². The van der Waals surface area contributed by atoms with Gasteiger partial charge in [-0.2, -0.15) is 9.47 Å². The van der Waals surface area contributed by atoms with E-state index in [9.17, 15) is 0 Å². The van der Waals surface area contributed by atoms with Crippen molar-refractivity contribution >= 4 is 33.7 Å². The van der Waals surface area contributed by atoms with Gasteiger partial charge in [-0.15, -0.1) is 11.3 Å². The zero-order valence-corrected chi connectivity index (χ0v) is 13.5. The van der Waals surface area contributed by atoms with Gasteiger partial charge in [0.2, 0.25) is 0 Å². The summed E-state index contributed by atoms with van der Waals surface area (Å²) >= 11 is 2.98. The van der Waals surface area contributed by atoms with Crippen molar-refractivity contribution in [2.24, 2.45) is 0 Å². The Morgan fingerprint density at radius 2 is 2.24 bits per heavy atom. The molecule has 0 saturated carbocycles. The van der Waals surface area contributed by atoms with E-state index in [2.05, 4.69) is 19.8 Å². The molecular weight excluding hydrogens is 304 g/mol. The van der Waals surface area contributed by atoms with Gasteiger partial charge in [-0.25, -0.2) is 4.98 Å². The normalized spacial score (nSPS) is 11.0. The summed E-state index contributed by atoms with van der Waals surface area (Å²) in [6.45, 7) is 5.57. The number of nitrogens with one attached hydrogen (secondary N) is 1. The average molecular weight is 320 g/mol. The molecule has 0 spiro atoms. The minimum absolute atomic E-state index is 0.530. The highest BCUT2D eigenvalue weighted by Gasteiger charge is 2.15. The number of nitrogens with two attached hydrogens (primary N) is 1. The van der Waals surface area contributed by atoms with E-state index in [0.29, 0.717) is 5.82 Å². The molecule has 6 nitrogen and oxygen atoms in total. The van der Waals surface area contributed by atoms with E-state index < -0.39 is 0 Å². The standard InChI is InChI=1S/C13H16N6S2/c1-8-5-16-19(6-8)4-3-15-13-11(12(14)18-21-13)10-7-20-9(2)17-10/h5-7,15H,3-4H2,1-2H3,(H2,14,18). The van der Waals surface area contributed by atoms with Gasteiger partial charge in [0.15, 0.2) is 0 Å². The summed E-state index contributed by atoms with van der Waals surface area (Å²) in [6, 6.07) is 0. The molecule has 0 aliphatic heterocycles. The Hall–Kier alpha value is -1.93. The molecule has 3 N–H and O–H groups in total. The Morgan fingerprint density at radius 1 is 1.38 bits per heavy atom. The first kappa shape index (κ1) is 14.0. The van der Waals surface area contributed by atoms with E-state index in [1.165, 1.54) is 11.5 Å². The molecule has 0 atom stereocenters. The summed E-state index contributed by atoms with van der Waals surface area (Å²) in [7, 11) is 0. The third-order valence-electron chi connectivity index (χ3n) is 2.98.